The fourth-order valence-corrected chi connectivity index (χ4v) is 3.47. The minimum Gasteiger partial charge on any atom is -0.459 e. The zero-order valence-corrected chi connectivity index (χ0v) is 16.2. The van der Waals surface area contributed by atoms with Crippen molar-refractivity contribution >= 4 is 5.97 Å². The van der Waals surface area contributed by atoms with Crippen LogP contribution < -0.4 is 10.6 Å². The summed E-state index contributed by atoms with van der Waals surface area (Å²) in [5, 5.41) is 6.56. The highest BCUT2D eigenvalue weighted by molar-refractivity contribution is 5.72. The summed E-state index contributed by atoms with van der Waals surface area (Å²) in [6.45, 7) is 6.71. The fourth-order valence-electron chi connectivity index (χ4n) is 3.47. The van der Waals surface area contributed by atoms with E-state index in [9.17, 15) is 4.79 Å². The molecule has 0 unspecified atom stereocenters. The van der Waals surface area contributed by atoms with Crippen LogP contribution in [0.3, 0.4) is 0 Å². The third-order valence-corrected chi connectivity index (χ3v) is 4.87. The van der Waals surface area contributed by atoms with E-state index >= 15 is 0 Å². The zero-order valence-electron chi connectivity index (χ0n) is 16.2. The Hall–Kier alpha value is -1.39. The second kappa shape index (κ2) is 9.35. The number of carbonyl (C=O) groups excluding carboxylic acids is 1. The standard InChI is InChI=1S/C21H34N2O2/c1-21(2,3)25-20(24)15-23-14-13-16-5-7-17(8-6-16)18-9-11-19(22-4)12-10-18/h5-8,18-19,22-23H,9-15H2,1-4H3. The lowest BCUT2D eigenvalue weighted by Gasteiger charge is -2.28. The molecule has 0 spiro atoms. The highest BCUT2D eigenvalue weighted by atomic mass is 16.6. The maximum Gasteiger partial charge on any atom is 0.320 e. The van der Waals surface area contributed by atoms with E-state index < -0.39 is 5.60 Å². The van der Waals surface area contributed by atoms with Crippen LogP contribution in [0.2, 0.25) is 0 Å². The number of ether oxygens (including phenoxy) is 1. The first kappa shape index (κ1) is 19.9. The normalized spacial score (nSPS) is 21.1. The van der Waals surface area contributed by atoms with E-state index in [2.05, 4.69) is 41.9 Å². The van der Waals surface area contributed by atoms with Gasteiger partial charge in [0.25, 0.3) is 0 Å². The Kier molecular flexibility index (Phi) is 7.45. The van der Waals surface area contributed by atoms with E-state index in [0.717, 1.165) is 13.0 Å². The molecule has 0 radical (unpaired) electrons. The van der Waals surface area contributed by atoms with Crippen molar-refractivity contribution in [1.82, 2.24) is 10.6 Å². The molecule has 1 aromatic carbocycles. The molecular formula is C21H34N2O2. The largest absolute Gasteiger partial charge is 0.459 e. The van der Waals surface area contributed by atoms with Gasteiger partial charge in [-0.05, 0) is 83.5 Å². The van der Waals surface area contributed by atoms with Gasteiger partial charge in [-0.25, -0.2) is 0 Å². The van der Waals surface area contributed by atoms with Crippen molar-refractivity contribution in [2.45, 2.75) is 70.4 Å². The molecule has 25 heavy (non-hydrogen) atoms. The molecule has 1 aliphatic carbocycles. The van der Waals surface area contributed by atoms with Gasteiger partial charge in [-0.1, -0.05) is 24.3 Å². The van der Waals surface area contributed by atoms with Crippen LogP contribution in [0.4, 0.5) is 0 Å². The second-order valence-corrected chi connectivity index (χ2v) is 8.09. The lowest BCUT2D eigenvalue weighted by Crippen LogP contribution is -2.32. The lowest BCUT2D eigenvalue weighted by molar-refractivity contribution is -0.153. The molecule has 0 amide bonds. The van der Waals surface area contributed by atoms with Crippen molar-refractivity contribution in [3.63, 3.8) is 0 Å². The minimum absolute atomic E-state index is 0.194. The summed E-state index contributed by atoms with van der Waals surface area (Å²) in [6, 6.07) is 9.73. The summed E-state index contributed by atoms with van der Waals surface area (Å²) in [5.41, 5.74) is 2.37. The summed E-state index contributed by atoms with van der Waals surface area (Å²) >= 11 is 0. The number of esters is 1. The molecule has 2 N–H and O–H groups in total. The van der Waals surface area contributed by atoms with Gasteiger partial charge >= 0.3 is 5.97 Å². The molecule has 0 aliphatic heterocycles. The smallest absolute Gasteiger partial charge is 0.320 e. The minimum atomic E-state index is -0.416. The van der Waals surface area contributed by atoms with Crippen LogP contribution >= 0.6 is 0 Å². The van der Waals surface area contributed by atoms with Gasteiger partial charge in [0.05, 0.1) is 6.54 Å². The molecule has 0 heterocycles. The van der Waals surface area contributed by atoms with Crippen molar-refractivity contribution in [2.75, 3.05) is 20.1 Å². The van der Waals surface area contributed by atoms with Crippen LogP contribution in [0.25, 0.3) is 0 Å². The SMILES string of the molecule is CNC1CCC(c2ccc(CCNCC(=O)OC(C)(C)C)cc2)CC1. The zero-order chi connectivity index (χ0) is 18.3. The first-order chi connectivity index (χ1) is 11.9. The average Bonchev–Trinajstić information content (AvgIpc) is 2.58. The summed E-state index contributed by atoms with van der Waals surface area (Å²) in [5.74, 6) is 0.518. The Morgan fingerprint density at radius 2 is 1.76 bits per heavy atom. The fraction of sp³-hybridized carbons (Fsp3) is 0.667. The van der Waals surface area contributed by atoms with Gasteiger partial charge in [-0.3, -0.25) is 4.79 Å². The highest BCUT2D eigenvalue weighted by Crippen LogP contribution is 2.32. The Bertz CT molecular complexity index is 526. The van der Waals surface area contributed by atoms with Gasteiger partial charge in [0.15, 0.2) is 0 Å². The Morgan fingerprint density at radius 3 is 2.32 bits per heavy atom. The van der Waals surface area contributed by atoms with E-state index in [4.69, 9.17) is 4.74 Å². The molecule has 140 valence electrons. The van der Waals surface area contributed by atoms with E-state index in [1.807, 2.05) is 20.8 Å². The molecule has 0 atom stereocenters. The van der Waals surface area contributed by atoms with Crippen LogP contribution in [0.5, 0.6) is 0 Å². The van der Waals surface area contributed by atoms with E-state index in [1.54, 1.807) is 0 Å². The topological polar surface area (TPSA) is 50.4 Å². The van der Waals surface area contributed by atoms with Crippen LogP contribution in [-0.2, 0) is 16.0 Å². The third kappa shape index (κ3) is 7.17. The monoisotopic (exact) mass is 346 g/mol. The van der Waals surface area contributed by atoms with Crippen molar-refractivity contribution in [1.29, 1.82) is 0 Å². The number of rotatable bonds is 7. The number of carbonyl (C=O) groups is 1. The van der Waals surface area contributed by atoms with Crippen molar-refractivity contribution < 1.29 is 9.53 Å². The van der Waals surface area contributed by atoms with Gasteiger partial charge in [0.1, 0.15) is 5.60 Å². The summed E-state index contributed by atoms with van der Waals surface area (Å²) in [7, 11) is 2.07. The first-order valence-corrected chi connectivity index (χ1v) is 9.56. The molecule has 4 heteroatoms. The van der Waals surface area contributed by atoms with Crippen molar-refractivity contribution in [3.8, 4) is 0 Å². The second-order valence-electron chi connectivity index (χ2n) is 8.09. The molecule has 0 bridgehead atoms. The van der Waals surface area contributed by atoms with Crippen LogP contribution in [-0.4, -0.2) is 37.7 Å². The van der Waals surface area contributed by atoms with Gasteiger partial charge in [0, 0.05) is 6.04 Å². The molecule has 2 rings (SSSR count). The van der Waals surface area contributed by atoms with Crippen molar-refractivity contribution in [3.05, 3.63) is 35.4 Å². The van der Waals surface area contributed by atoms with Crippen LogP contribution in [0.1, 0.15) is 63.5 Å². The molecule has 4 nitrogen and oxygen atoms in total. The van der Waals surface area contributed by atoms with E-state index in [-0.39, 0.29) is 12.5 Å². The van der Waals surface area contributed by atoms with Crippen LogP contribution in [0.15, 0.2) is 24.3 Å². The Balaban J connectivity index is 1.69. The molecule has 0 saturated heterocycles. The number of benzene rings is 1. The predicted octanol–water partition coefficient (Wildman–Crippen LogP) is 3.41. The molecule has 1 fully saturated rings. The number of hydrogen-bond acceptors (Lipinski definition) is 4. The molecule has 1 saturated carbocycles. The number of nitrogens with one attached hydrogen (secondary N) is 2. The van der Waals surface area contributed by atoms with Gasteiger partial charge < -0.3 is 15.4 Å². The van der Waals surface area contributed by atoms with Crippen LogP contribution in [0, 0.1) is 0 Å². The van der Waals surface area contributed by atoms with E-state index in [0.29, 0.717) is 12.0 Å². The maximum absolute atomic E-state index is 11.6. The highest BCUT2D eigenvalue weighted by Gasteiger charge is 2.21. The first-order valence-electron chi connectivity index (χ1n) is 9.56. The predicted molar refractivity (Wildman–Crippen MR) is 103 cm³/mol. The van der Waals surface area contributed by atoms with Gasteiger partial charge in [-0.2, -0.15) is 0 Å². The molecule has 1 aromatic rings. The Morgan fingerprint density at radius 1 is 1.12 bits per heavy atom. The van der Waals surface area contributed by atoms with E-state index in [1.165, 1.54) is 36.8 Å². The summed E-state index contributed by atoms with van der Waals surface area (Å²) in [4.78, 5) is 11.6. The van der Waals surface area contributed by atoms with Gasteiger partial charge in [0.2, 0.25) is 0 Å². The number of hydrogen-bond donors (Lipinski definition) is 2. The summed E-state index contributed by atoms with van der Waals surface area (Å²) < 4.78 is 5.28. The quantitative estimate of drug-likeness (QED) is 0.587. The third-order valence-electron chi connectivity index (χ3n) is 4.87. The molecular weight excluding hydrogens is 312 g/mol. The molecule has 0 aromatic heterocycles. The average molecular weight is 347 g/mol. The van der Waals surface area contributed by atoms with Crippen molar-refractivity contribution in [2.24, 2.45) is 0 Å². The summed E-state index contributed by atoms with van der Waals surface area (Å²) in [6.07, 6.45) is 6.04. The Labute approximate surface area is 152 Å². The lowest BCUT2D eigenvalue weighted by atomic mass is 9.81. The molecule has 1 aliphatic rings. The maximum atomic E-state index is 11.6. The van der Waals surface area contributed by atoms with Gasteiger partial charge in [-0.15, -0.1) is 0 Å².